The van der Waals surface area contributed by atoms with Gasteiger partial charge in [0.05, 0.1) is 36.1 Å². The third-order valence-corrected chi connectivity index (χ3v) is 7.68. The number of hydrogen-bond acceptors (Lipinski definition) is 9. The van der Waals surface area contributed by atoms with Gasteiger partial charge in [0.25, 0.3) is 0 Å². The number of rotatable bonds is 0. The van der Waals surface area contributed by atoms with Crippen molar-refractivity contribution in [3.05, 3.63) is 47.6 Å². The monoisotopic (exact) mass is 580 g/mol. The Morgan fingerprint density at radius 1 is 0.976 bits per heavy atom. The predicted octanol–water partition coefficient (Wildman–Crippen LogP) is 3.06. The first-order chi connectivity index (χ1) is 18.9. The molecule has 9 nitrogen and oxygen atoms in total. The van der Waals surface area contributed by atoms with Crippen LogP contribution in [0.1, 0.15) is 86.5 Å². The molecule has 2 unspecified atom stereocenters. The fourth-order valence-corrected chi connectivity index (χ4v) is 4.98. The van der Waals surface area contributed by atoms with Gasteiger partial charge in [0.2, 0.25) is 0 Å². The summed E-state index contributed by atoms with van der Waals surface area (Å²) in [4.78, 5) is 25.1. The van der Waals surface area contributed by atoms with Crippen molar-refractivity contribution in [1.82, 2.24) is 0 Å². The van der Waals surface area contributed by atoms with Crippen LogP contribution in [0.5, 0.6) is 0 Å². The fourth-order valence-electron chi connectivity index (χ4n) is 4.98. The van der Waals surface area contributed by atoms with E-state index in [0.717, 1.165) is 0 Å². The zero-order chi connectivity index (χ0) is 31.5. The number of Topliss-reactive ketones (excluding diaryl/α,β-unsaturated/α-hetero) is 1. The normalized spacial score (nSPS) is 40.5. The summed E-state index contributed by atoms with van der Waals surface area (Å²) in [5, 5.41) is 63.3. The van der Waals surface area contributed by atoms with Gasteiger partial charge in [0, 0.05) is 18.4 Å². The van der Waals surface area contributed by atoms with E-state index in [1.165, 1.54) is 13.0 Å². The smallest absolute Gasteiger partial charge is 0.333 e. The number of hydrogen-bond donors (Lipinski definition) is 6. The Kier molecular flexibility index (Phi) is 15.4. The number of ether oxygens (including phenoxy) is 1. The Bertz CT molecular complexity index is 964. The van der Waals surface area contributed by atoms with Crippen LogP contribution < -0.4 is 0 Å². The van der Waals surface area contributed by atoms with Gasteiger partial charge in [-0.2, -0.15) is 0 Å². The summed E-state index contributed by atoms with van der Waals surface area (Å²) in [6.45, 7) is 14.1. The Morgan fingerprint density at radius 2 is 1.61 bits per heavy atom. The first-order valence-electron chi connectivity index (χ1n) is 14.5. The van der Waals surface area contributed by atoms with E-state index in [4.69, 9.17) is 4.74 Å². The number of ketones is 1. The molecule has 0 saturated carbocycles. The molecule has 1 heterocycles. The van der Waals surface area contributed by atoms with Gasteiger partial charge < -0.3 is 35.4 Å². The maximum Gasteiger partial charge on any atom is 0.333 e. The fraction of sp³-hybridized carbons (Fsp3) is 0.688. The van der Waals surface area contributed by atoms with Crippen LogP contribution in [-0.2, 0) is 14.3 Å². The maximum atomic E-state index is 12.6. The van der Waals surface area contributed by atoms with Crippen LogP contribution in [0.3, 0.4) is 0 Å². The lowest BCUT2D eigenvalue weighted by molar-refractivity contribution is -0.146. The van der Waals surface area contributed by atoms with Crippen molar-refractivity contribution in [2.75, 3.05) is 0 Å². The topological polar surface area (TPSA) is 165 Å². The van der Waals surface area contributed by atoms with Crippen LogP contribution in [0.15, 0.2) is 47.6 Å². The molecule has 1 aliphatic rings. The van der Waals surface area contributed by atoms with E-state index in [2.05, 4.69) is 6.58 Å². The molecule has 41 heavy (non-hydrogen) atoms. The van der Waals surface area contributed by atoms with E-state index in [1.807, 2.05) is 6.92 Å². The third-order valence-electron chi connectivity index (χ3n) is 7.68. The van der Waals surface area contributed by atoms with Gasteiger partial charge in [-0.1, -0.05) is 50.3 Å². The van der Waals surface area contributed by atoms with Gasteiger partial charge in [-0.3, -0.25) is 4.79 Å². The lowest BCUT2D eigenvalue weighted by atomic mass is 9.85. The molecule has 0 radical (unpaired) electrons. The van der Waals surface area contributed by atoms with Crippen molar-refractivity contribution in [1.29, 1.82) is 0 Å². The summed E-state index contributed by atoms with van der Waals surface area (Å²) in [7, 11) is 0. The van der Waals surface area contributed by atoms with Gasteiger partial charge in [-0.25, -0.2) is 4.79 Å². The minimum Gasteiger partial charge on any atom is -0.459 e. The molecule has 0 fully saturated rings. The standard InChI is InChI=1S/C32H52O9/c1-19-13-20(2)15-27(35)26(34)12-10-8-9-11-21(3)31(39)41-24(6)16-22(4)29(37)30(38)28(36)17-25(33)18-32(7,40)23(5)14-19/h10-12,14,20,22,24-27,29-30,33-35,37-38,40H,1,8-9,13,15-18H2,2-7H3/b12-10+,21-11+,23-14+/t20-,22-,24+,25-,26?,27?,29+,30+,32-/m1/s1. The summed E-state index contributed by atoms with van der Waals surface area (Å²) < 4.78 is 5.45. The zero-order valence-electron chi connectivity index (χ0n) is 25.5. The Hall–Kier alpha value is -2.14. The second-order valence-electron chi connectivity index (χ2n) is 12.1. The molecule has 234 valence electrons. The van der Waals surface area contributed by atoms with E-state index in [0.29, 0.717) is 42.4 Å². The molecule has 0 aromatic carbocycles. The second kappa shape index (κ2) is 17.1. The zero-order valence-corrected chi connectivity index (χ0v) is 25.5. The van der Waals surface area contributed by atoms with Gasteiger partial charge >= 0.3 is 5.97 Å². The van der Waals surface area contributed by atoms with Gasteiger partial charge in [-0.05, 0) is 77.2 Å². The Labute approximate surface area is 244 Å². The molecule has 0 spiro atoms. The van der Waals surface area contributed by atoms with E-state index >= 15 is 0 Å². The first kappa shape index (κ1) is 36.9. The van der Waals surface area contributed by atoms with E-state index in [9.17, 15) is 40.2 Å². The van der Waals surface area contributed by atoms with E-state index in [1.54, 1.807) is 45.9 Å². The molecule has 0 amide bonds. The van der Waals surface area contributed by atoms with E-state index in [-0.39, 0.29) is 18.8 Å². The van der Waals surface area contributed by atoms with Gasteiger partial charge in [-0.15, -0.1) is 0 Å². The first-order valence-corrected chi connectivity index (χ1v) is 14.5. The van der Waals surface area contributed by atoms with Crippen molar-refractivity contribution in [2.24, 2.45) is 11.8 Å². The van der Waals surface area contributed by atoms with Gasteiger partial charge in [0.1, 0.15) is 6.10 Å². The summed E-state index contributed by atoms with van der Waals surface area (Å²) >= 11 is 0. The van der Waals surface area contributed by atoms with Crippen molar-refractivity contribution >= 4 is 11.8 Å². The Morgan fingerprint density at radius 3 is 2.24 bits per heavy atom. The summed E-state index contributed by atoms with van der Waals surface area (Å²) in [5.41, 5.74) is 0.147. The number of aliphatic hydroxyl groups excluding tert-OH is 5. The number of carbonyl (C=O) groups excluding carboxylic acids is 2. The SMILES string of the molecule is C=C1/C=C(\C)[C@](C)(O)C[C@H](O)CC(=O)[C@H](O)[C@@H](O)[C@H](C)C[C@H](C)OC(=O)/C(C)=C/CC/C=C/C(O)C(O)C[C@H](C)C1. The molecule has 0 bridgehead atoms. The van der Waals surface area contributed by atoms with Crippen LogP contribution in [0.4, 0.5) is 0 Å². The van der Waals surface area contributed by atoms with Crippen LogP contribution in [0.2, 0.25) is 0 Å². The molecule has 1 rings (SSSR count). The lowest BCUT2D eigenvalue weighted by Crippen LogP contribution is -2.41. The number of cyclic esters (lactones) is 1. The highest BCUT2D eigenvalue weighted by molar-refractivity contribution is 5.87. The molecule has 0 aromatic heterocycles. The lowest BCUT2D eigenvalue weighted by Gasteiger charge is -2.29. The van der Waals surface area contributed by atoms with Crippen LogP contribution >= 0.6 is 0 Å². The predicted molar refractivity (Wildman–Crippen MR) is 158 cm³/mol. The highest BCUT2D eigenvalue weighted by Crippen LogP contribution is 2.27. The molecule has 6 N–H and O–H groups in total. The summed E-state index contributed by atoms with van der Waals surface area (Å²) in [6, 6.07) is 0. The number of carbonyl (C=O) groups is 2. The average Bonchev–Trinajstić information content (AvgIpc) is 2.85. The Balaban J connectivity index is 3.12. The van der Waals surface area contributed by atoms with Crippen molar-refractivity contribution in [3.8, 4) is 0 Å². The van der Waals surface area contributed by atoms with Crippen molar-refractivity contribution in [3.63, 3.8) is 0 Å². The summed E-state index contributed by atoms with van der Waals surface area (Å²) in [6.07, 6.45) is 1.10. The van der Waals surface area contributed by atoms with Crippen molar-refractivity contribution in [2.45, 2.75) is 129 Å². The minimum atomic E-state index is -1.74. The molecular formula is C32H52O9. The molecular weight excluding hydrogens is 528 g/mol. The second-order valence-corrected chi connectivity index (χ2v) is 12.1. The van der Waals surface area contributed by atoms with Gasteiger partial charge in [0.15, 0.2) is 5.78 Å². The molecule has 0 saturated heterocycles. The number of esters is 1. The molecule has 1 aliphatic heterocycles. The van der Waals surface area contributed by atoms with Crippen LogP contribution in [0.25, 0.3) is 0 Å². The molecule has 0 aromatic rings. The highest BCUT2D eigenvalue weighted by atomic mass is 16.5. The average molecular weight is 581 g/mol. The number of allylic oxidation sites excluding steroid dienone is 4. The molecule has 9 atom stereocenters. The quantitative estimate of drug-likeness (QED) is 0.187. The minimum absolute atomic E-state index is 0.0226. The third kappa shape index (κ3) is 13.1. The van der Waals surface area contributed by atoms with E-state index < -0.39 is 66.3 Å². The molecule has 9 heteroatoms. The summed E-state index contributed by atoms with van der Waals surface area (Å²) in [5.74, 6) is -1.89. The number of aliphatic hydroxyl groups is 6. The molecule has 0 aliphatic carbocycles. The highest BCUT2D eigenvalue weighted by Gasteiger charge is 2.33. The largest absolute Gasteiger partial charge is 0.459 e. The van der Waals surface area contributed by atoms with Crippen LogP contribution in [0, 0.1) is 11.8 Å². The maximum absolute atomic E-state index is 12.6. The van der Waals surface area contributed by atoms with Crippen LogP contribution in [-0.4, -0.2) is 84.6 Å². The van der Waals surface area contributed by atoms with Crippen molar-refractivity contribution < 1.29 is 45.0 Å².